The number of carbonyl (C=O) groups excluding carboxylic acids is 1. The Morgan fingerprint density at radius 3 is 2.47 bits per heavy atom. The van der Waals surface area contributed by atoms with Crippen molar-refractivity contribution in [3.05, 3.63) is 23.6 Å². The summed E-state index contributed by atoms with van der Waals surface area (Å²) in [5.74, 6) is 0.870. The van der Waals surface area contributed by atoms with Crippen LogP contribution >= 0.6 is 0 Å². The Bertz CT molecular complexity index is 698. The first-order valence-corrected chi connectivity index (χ1v) is 11.8. The number of carbonyl (C=O) groups is 1. The number of amides is 2. The number of fused-ring (bicyclic) bond motifs is 2. The fraction of sp³-hybridized carbons (Fsp3) is 0.739. The highest BCUT2D eigenvalue weighted by molar-refractivity contribution is 5.99. The van der Waals surface area contributed by atoms with E-state index < -0.39 is 0 Å². The van der Waals surface area contributed by atoms with Gasteiger partial charge in [-0.3, -0.25) is 5.32 Å². The Labute approximate surface area is 180 Å². The number of ether oxygens (including phenoxy) is 1. The lowest BCUT2D eigenvalue weighted by Gasteiger charge is -2.35. The molecule has 7 heteroatoms. The van der Waals surface area contributed by atoms with E-state index in [1.165, 1.54) is 38.5 Å². The Morgan fingerprint density at radius 1 is 1.07 bits per heavy atom. The molecule has 1 saturated carbocycles. The van der Waals surface area contributed by atoms with E-state index in [2.05, 4.69) is 34.7 Å². The van der Waals surface area contributed by atoms with Crippen molar-refractivity contribution in [2.45, 2.75) is 96.1 Å². The second-order valence-electron chi connectivity index (χ2n) is 9.34. The van der Waals surface area contributed by atoms with Crippen molar-refractivity contribution in [3.8, 4) is 0 Å². The molecule has 4 aliphatic rings. The summed E-state index contributed by atoms with van der Waals surface area (Å²) in [4.78, 5) is 19.6. The lowest BCUT2D eigenvalue weighted by molar-refractivity contribution is 0.0706. The lowest BCUT2D eigenvalue weighted by Crippen LogP contribution is -2.49. The molecule has 2 heterocycles. The van der Waals surface area contributed by atoms with Crippen LogP contribution in [0.3, 0.4) is 0 Å². The first-order valence-electron chi connectivity index (χ1n) is 11.8. The Morgan fingerprint density at radius 2 is 1.80 bits per heavy atom. The molecule has 1 unspecified atom stereocenters. The molecule has 1 saturated heterocycles. The van der Waals surface area contributed by atoms with Crippen molar-refractivity contribution in [1.82, 2.24) is 20.9 Å². The van der Waals surface area contributed by atoms with Crippen LogP contribution in [-0.2, 0) is 4.74 Å². The SMILES string of the molecule is CC(C)N1CCC(NC(=O)NC2=CC3=NC(NC4CCCCCC4)OC(=C2)C3)CC1. The predicted molar refractivity (Wildman–Crippen MR) is 119 cm³/mol. The number of hydrogen-bond donors (Lipinski definition) is 3. The number of allylic oxidation sites excluding steroid dienone is 3. The highest BCUT2D eigenvalue weighted by atomic mass is 16.5. The third-order valence-corrected chi connectivity index (χ3v) is 6.63. The van der Waals surface area contributed by atoms with Gasteiger partial charge in [0.2, 0.25) is 6.35 Å². The van der Waals surface area contributed by atoms with Crippen LogP contribution in [0.1, 0.15) is 71.6 Å². The number of likely N-dealkylation sites (tertiary alicyclic amines) is 1. The zero-order chi connectivity index (χ0) is 20.9. The zero-order valence-electron chi connectivity index (χ0n) is 18.5. The normalized spacial score (nSPS) is 26.2. The third-order valence-electron chi connectivity index (χ3n) is 6.63. The van der Waals surface area contributed by atoms with E-state index in [1.54, 1.807) is 0 Å². The summed E-state index contributed by atoms with van der Waals surface area (Å²) in [5, 5.41) is 9.66. The maximum absolute atomic E-state index is 12.5. The van der Waals surface area contributed by atoms with Gasteiger partial charge in [0.25, 0.3) is 0 Å². The summed E-state index contributed by atoms with van der Waals surface area (Å²) in [6.45, 7) is 6.52. The van der Waals surface area contributed by atoms with Gasteiger partial charge in [-0.2, -0.15) is 0 Å². The van der Waals surface area contributed by atoms with E-state index in [4.69, 9.17) is 9.73 Å². The lowest BCUT2D eigenvalue weighted by atomic mass is 10.0. The van der Waals surface area contributed by atoms with Gasteiger partial charge >= 0.3 is 6.03 Å². The van der Waals surface area contributed by atoms with E-state index >= 15 is 0 Å². The Hall–Kier alpha value is -1.86. The molecule has 2 fully saturated rings. The van der Waals surface area contributed by atoms with E-state index in [9.17, 15) is 4.79 Å². The summed E-state index contributed by atoms with van der Waals surface area (Å²) in [5.41, 5.74) is 1.71. The monoisotopic (exact) mass is 415 g/mol. The standard InChI is InChI=1S/C23H37N5O2/c1-16(2)28-11-9-18(10-12-28)24-22(29)25-19-13-20-15-21(14-19)30-23(27-20)26-17-7-5-3-4-6-8-17/h13-14,16-18,23,26H,3-12,15H2,1-2H3,(H2,24,25,29). The van der Waals surface area contributed by atoms with E-state index in [0.29, 0.717) is 18.5 Å². The minimum absolute atomic E-state index is 0.144. The van der Waals surface area contributed by atoms with Crippen LogP contribution < -0.4 is 16.0 Å². The van der Waals surface area contributed by atoms with Crippen molar-refractivity contribution in [1.29, 1.82) is 0 Å². The summed E-state index contributed by atoms with van der Waals surface area (Å²) in [7, 11) is 0. The van der Waals surface area contributed by atoms with Crippen LogP contribution in [0.4, 0.5) is 4.79 Å². The van der Waals surface area contributed by atoms with Crippen LogP contribution in [0.15, 0.2) is 28.6 Å². The van der Waals surface area contributed by atoms with Crippen molar-refractivity contribution < 1.29 is 9.53 Å². The number of nitrogens with zero attached hydrogens (tertiary/aromatic N) is 2. The highest BCUT2D eigenvalue weighted by Crippen LogP contribution is 2.24. The van der Waals surface area contributed by atoms with Crippen molar-refractivity contribution in [2.24, 2.45) is 4.99 Å². The molecule has 2 amide bonds. The maximum atomic E-state index is 12.5. The van der Waals surface area contributed by atoms with Crippen molar-refractivity contribution >= 4 is 11.7 Å². The molecule has 3 N–H and O–H groups in total. The number of nitrogens with one attached hydrogen (secondary N) is 3. The minimum atomic E-state index is -0.305. The third kappa shape index (κ3) is 5.85. The minimum Gasteiger partial charge on any atom is -0.459 e. The van der Waals surface area contributed by atoms with Gasteiger partial charge in [0.05, 0.1) is 5.71 Å². The maximum Gasteiger partial charge on any atom is 0.319 e. The van der Waals surface area contributed by atoms with Gasteiger partial charge in [0.1, 0.15) is 5.76 Å². The van der Waals surface area contributed by atoms with Crippen LogP contribution in [0.5, 0.6) is 0 Å². The summed E-state index contributed by atoms with van der Waals surface area (Å²) >= 11 is 0. The molecule has 2 aliphatic heterocycles. The fourth-order valence-electron chi connectivity index (χ4n) is 4.86. The topological polar surface area (TPSA) is 78.0 Å². The average Bonchev–Trinajstić information content (AvgIpc) is 2.96. The van der Waals surface area contributed by atoms with E-state index in [-0.39, 0.29) is 18.4 Å². The molecule has 0 aromatic heterocycles. The molecular weight excluding hydrogens is 378 g/mol. The van der Waals surface area contributed by atoms with Gasteiger partial charge in [-0.1, -0.05) is 25.7 Å². The van der Waals surface area contributed by atoms with Gasteiger partial charge in [-0.25, -0.2) is 9.79 Å². The molecule has 7 nitrogen and oxygen atoms in total. The molecule has 0 spiro atoms. The number of urea groups is 1. The van der Waals surface area contributed by atoms with Crippen molar-refractivity contribution in [2.75, 3.05) is 13.1 Å². The largest absolute Gasteiger partial charge is 0.459 e. The quantitative estimate of drug-likeness (QED) is 0.602. The van der Waals surface area contributed by atoms with Gasteiger partial charge < -0.3 is 20.3 Å². The second-order valence-corrected chi connectivity index (χ2v) is 9.34. The summed E-state index contributed by atoms with van der Waals surface area (Å²) in [6, 6.07) is 1.14. The smallest absolute Gasteiger partial charge is 0.319 e. The molecule has 0 aromatic carbocycles. The van der Waals surface area contributed by atoms with Crippen LogP contribution in [0.2, 0.25) is 0 Å². The first kappa shape index (κ1) is 21.4. The van der Waals surface area contributed by atoms with Gasteiger partial charge in [0, 0.05) is 49.4 Å². The molecular formula is C23H37N5O2. The molecule has 166 valence electrons. The van der Waals surface area contributed by atoms with Crippen molar-refractivity contribution in [3.63, 3.8) is 0 Å². The van der Waals surface area contributed by atoms with Gasteiger partial charge in [0.15, 0.2) is 0 Å². The Balaban J connectivity index is 1.27. The van der Waals surface area contributed by atoms with Crippen LogP contribution in [0, 0.1) is 0 Å². The highest BCUT2D eigenvalue weighted by Gasteiger charge is 2.26. The van der Waals surface area contributed by atoms with E-state index in [1.807, 2.05) is 12.2 Å². The number of hydrogen-bond acceptors (Lipinski definition) is 5. The first-order chi connectivity index (χ1) is 14.5. The summed E-state index contributed by atoms with van der Waals surface area (Å²) in [6.07, 6.45) is 13.9. The van der Waals surface area contributed by atoms with E-state index in [0.717, 1.165) is 43.1 Å². The number of aliphatic imine (C=N–C) groups is 1. The second kappa shape index (κ2) is 9.96. The predicted octanol–water partition coefficient (Wildman–Crippen LogP) is 3.40. The Kier molecular flexibility index (Phi) is 7.10. The average molecular weight is 416 g/mol. The van der Waals surface area contributed by atoms with Gasteiger partial charge in [-0.15, -0.1) is 0 Å². The molecule has 4 rings (SSSR count). The molecule has 30 heavy (non-hydrogen) atoms. The summed E-state index contributed by atoms with van der Waals surface area (Å²) < 4.78 is 6.04. The molecule has 1 atom stereocenters. The molecule has 0 radical (unpaired) electrons. The molecule has 0 aromatic rings. The van der Waals surface area contributed by atoms with Crippen LogP contribution in [0.25, 0.3) is 0 Å². The van der Waals surface area contributed by atoms with Crippen LogP contribution in [-0.4, -0.2) is 54.2 Å². The fourth-order valence-corrected chi connectivity index (χ4v) is 4.86. The number of rotatable bonds is 5. The number of piperidine rings is 1. The zero-order valence-corrected chi connectivity index (χ0v) is 18.5. The molecule has 2 bridgehead atoms. The van der Waals surface area contributed by atoms with Gasteiger partial charge in [-0.05, 0) is 45.6 Å². The molecule has 2 aliphatic carbocycles.